The van der Waals surface area contributed by atoms with Crippen molar-refractivity contribution in [3.05, 3.63) is 11.9 Å². The van der Waals surface area contributed by atoms with Crippen molar-refractivity contribution in [3.8, 4) is 0 Å². The number of piperazine rings is 1. The molecule has 114 valence electrons. The standard InChI is InChI=1S/C15H29N5/c1-5-6-7-16-15-17-13(2)10-20(15)12-14-11-18(3)8-9-19(14)4/h10,14H,5-9,11-12H2,1-4H3,(H,16,17). The minimum atomic E-state index is 0.564. The molecule has 1 aromatic rings. The van der Waals surface area contributed by atoms with Crippen LogP contribution in [0, 0.1) is 6.92 Å². The number of aryl methyl sites for hydroxylation is 1. The SMILES string of the molecule is CCCCNc1nc(C)cn1CC1CN(C)CCN1C. The van der Waals surface area contributed by atoms with Crippen LogP contribution >= 0.6 is 0 Å². The molecular weight excluding hydrogens is 250 g/mol. The van der Waals surface area contributed by atoms with E-state index in [0.29, 0.717) is 6.04 Å². The van der Waals surface area contributed by atoms with E-state index in [0.717, 1.165) is 44.4 Å². The molecule has 5 heteroatoms. The van der Waals surface area contributed by atoms with E-state index in [9.17, 15) is 0 Å². The third-order valence-electron chi connectivity index (χ3n) is 4.10. The molecule has 0 spiro atoms. The number of unbranched alkanes of at least 4 members (excludes halogenated alkanes) is 1. The number of hydrogen-bond acceptors (Lipinski definition) is 4. The van der Waals surface area contributed by atoms with E-state index in [-0.39, 0.29) is 0 Å². The van der Waals surface area contributed by atoms with Crippen molar-refractivity contribution in [2.75, 3.05) is 45.6 Å². The van der Waals surface area contributed by atoms with Gasteiger partial charge in [-0.1, -0.05) is 13.3 Å². The van der Waals surface area contributed by atoms with Crippen molar-refractivity contribution in [3.63, 3.8) is 0 Å². The van der Waals surface area contributed by atoms with Crippen LogP contribution in [0.1, 0.15) is 25.5 Å². The Balaban J connectivity index is 2.00. The summed E-state index contributed by atoms with van der Waals surface area (Å²) in [5.74, 6) is 1.03. The average Bonchev–Trinajstić information content (AvgIpc) is 2.74. The van der Waals surface area contributed by atoms with Crippen LogP contribution < -0.4 is 5.32 Å². The molecule has 1 fully saturated rings. The Morgan fingerprint density at radius 3 is 2.90 bits per heavy atom. The number of hydrogen-bond donors (Lipinski definition) is 1. The highest BCUT2D eigenvalue weighted by atomic mass is 15.3. The summed E-state index contributed by atoms with van der Waals surface area (Å²) < 4.78 is 2.28. The first kappa shape index (κ1) is 15.3. The third-order valence-corrected chi connectivity index (χ3v) is 4.10. The topological polar surface area (TPSA) is 36.3 Å². The summed E-state index contributed by atoms with van der Waals surface area (Å²) in [5.41, 5.74) is 1.09. The van der Waals surface area contributed by atoms with Gasteiger partial charge in [0.05, 0.1) is 5.69 Å². The smallest absolute Gasteiger partial charge is 0.203 e. The number of imidazole rings is 1. The molecule has 0 saturated carbocycles. The second-order valence-electron chi connectivity index (χ2n) is 6.04. The van der Waals surface area contributed by atoms with Crippen molar-refractivity contribution in [2.45, 2.75) is 39.3 Å². The summed E-state index contributed by atoms with van der Waals surface area (Å²) in [6.45, 7) is 9.74. The van der Waals surface area contributed by atoms with Crippen molar-refractivity contribution in [2.24, 2.45) is 0 Å². The van der Waals surface area contributed by atoms with Gasteiger partial charge in [0.2, 0.25) is 5.95 Å². The van der Waals surface area contributed by atoms with Gasteiger partial charge in [-0.15, -0.1) is 0 Å². The van der Waals surface area contributed by atoms with Crippen LogP contribution in [-0.4, -0.2) is 65.7 Å². The molecule has 0 aromatic carbocycles. The van der Waals surface area contributed by atoms with Gasteiger partial charge >= 0.3 is 0 Å². The minimum absolute atomic E-state index is 0.564. The molecule has 1 aromatic heterocycles. The maximum atomic E-state index is 4.61. The second kappa shape index (κ2) is 7.09. The molecule has 0 aliphatic carbocycles. The summed E-state index contributed by atoms with van der Waals surface area (Å²) in [5, 5.41) is 3.47. The lowest BCUT2D eigenvalue weighted by Crippen LogP contribution is -2.51. The van der Waals surface area contributed by atoms with E-state index < -0.39 is 0 Å². The monoisotopic (exact) mass is 279 g/mol. The first-order chi connectivity index (χ1) is 9.60. The molecule has 1 saturated heterocycles. The molecule has 20 heavy (non-hydrogen) atoms. The molecule has 0 radical (unpaired) electrons. The van der Waals surface area contributed by atoms with Crippen molar-refractivity contribution < 1.29 is 0 Å². The van der Waals surface area contributed by atoms with E-state index in [1.54, 1.807) is 0 Å². The van der Waals surface area contributed by atoms with Crippen LogP contribution in [0.3, 0.4) is 0 Å². The second-order valence-corrected chi connectivity index (χ2v) is 6.04. The van der Waals surface area contributed by atoms with Gasteiger partial charge in [-0.2, -0.15) is 0 Å². The van der Waals surface area contributed by atoms with Gasteiger partial charge in [0, 0.05) is 45.0 Å². The maximum absolute atomic E-state index is 4.61. The van der Waals surface area contributed by atoms with E-state index in [1.807, 2.05) is 0 Å². The van der Waals surface area contributed by atoms with E-state index in [4.69, 9.17) is 0 Å². The largest absolute Gasteiger partial charge is 0.356 e. The Morgan fingerprint density at radius 1 is 1.35 bits per heavy atom. The zero-order valence-electron chi connectivity index (χ0n) is 13.4. The molecule has 0 bridgehead atoms. The fourth-order valence-corrected chi connectivity index (χ4v) is 2.73. The highest BCUT2D eigenvalue weighted by Gasteiger charge is 2.23. The number of aromatic nitrogens is 2. The van der Waals surface area contributed by atoms with Gasteiger partial charge in [0.15, 0.2) is 0 Å². The fraction of sp³-hybridized carbons (Fsp3) is 0.800. The minimum Gasteiger partial charge on any atom is -0.356 e. The van der Waals surface area contributed by atoms with Gasteiger partial charge in [-0.05, 0) is 27.4 Å². The third kappa shape index (κ3) is 3.96. The molecule has 1 aliphatic heterocycles. The Morgan fingerprint density at radius 2 is 2.15 bits per heavy atom. The van der Waals surface area contributed by atoms with Gasteiger partial charge in [0.1, 0.15) is 0 Å². The molecular formula is C15H29N5. The normalized spacial score (nSPS) is 21.3. The van der Waals surface area contributed by atoms with Gasteiger partial charge in [-0.25, -0.2) is 4.98 Å². The molecule has 0 amide bonds. The number of nitrogens with one attached hydrogen (secondary N) is 1. The lowest BCUT2D eigenvalue weighted by Gasteiger charge is -2.38. The fourth-order valence-electron chi connectivity index (χ4n) is 2.73. The Hall–Kier alpha value is -1.07. The van der Waals surface area contributed by atoms with Crippen LogP contribution in [0.25, 0.3) is 0 Å². The zero-order chi connectivity index (χ0) is 14.5. The lowest BCUT2D eigenvalue weighted by atomic mass is 10.2. The first-order valence-electron chi connectivity index (χ1n) is 7.76. The zero-order valence-corrected chi connectivity index (χ0v) is 13.4. The number of likely N-dealkylation sites (N-methyl/N-ethyl adjacent to an activating group) is 2. The van der Waals surface area contributed by atoms with Crippen molar-refractivity contribution >= 4 is 5.95 Å². The van der Waals surface area contributed by atoms with Crippen LogP contribution in [0.15, 0.2) is 6.20 Å². The van der Waals surface area contributed by atoms with Gasteiger partial charge in [-0.3, -0.25) is 4.90 Å². The molecule has 2 rings (SSSR count). The Bertz CT molecular complexity index is 414. The molecule has 2 heterocycles. The van der Waals surface area contributed by atoms with E-state index in [1.165, 1.54) is 12.8 Å². The molecule has 1 unspecified atom stereocenters. The van der Waals surface area contributed by atoms with Crippen LogP contribution in [0.5, 0.6) is 0 Å². The number of rotatable bonds is 6. The van der Waals surface area contributed by atoms with Crippen molar-refractivity contribution in [1.29, 1.82) is 0 Å². The van der Waals surface area contributed by atoms with Crippen LogP contribution in [0.2, 0.25) is 0 Å². The van der Waals surface area contributed by atoms with Crippen molar-refractivity contribution in [1.82, 2.24) is 19.4 Å². The number of nitrogens with zero attached hydrogens (tertiary/aromatic N) is 4. The highest BCUT2D eigenvalue weighted by Crippen LogP contribution is 2.14. The Labute approximate surface area is 123 Å². The van der Waals surface area contributed by atoms with Gasteiger partial charge < -0.3 is 14.8 Å². The van der Waals surface area contributed by atoms with Gasteiger partial charge in [0.25, 0.3) is 0 Å². The number of anilines is 1. The average molecular weight is 279 g/mol. The maximum Gasteiger partial charge on any atom is 0.203 e. The summed E-state index contributed by atoms with van der Waals surface area (Å²) in [6.07, 6.45) is 4.57. The predicted octanol–water partition coefficient (Wildman–Crippen LogP) is 1.65. The summed E-state index contributed by atoms with van der Waals surface area (Å²) >= 11 is 0. The molecule has 1 N–H and O–H groups in total. The lowest BCUT2D eigenvalue weighted by molar-refractivity contribution is 0.103. The highest BCUT2D eigenvalue weighted by molar-refractivity contribution is 5.28. The summed E-state index contributed by atoms with van der Waals surface area (Å²) in [7, 11) is 4.44. The quantitative estimate of drug-likeness (QED) is 0.803. The molecule has 1 atom stereocenters. The Kier molecular flexibility index (Phi) is 5.43. The van der Waals surface area contributed by atoms with E-state index >= 15 is 0 Å². The predicted molar refractivity (Wildman–Crippen MR) is 84.3 cm³/mol. The first-order valence-corrected chi connectivity index (χ1v) is 7.76. The summed E-state index contributed by atoms with van der Waals surface area (Å²) in [6, 6.07) is 0.564. The van der Waals surface area contributed by atoms with Crippen LogP contribution in [-0.2, 0) is 6.54 Å². The van der Waals surface area contributed by atoms with Crippen LogP contribution in [0.4, 0.5) is 5.95 Å². The van der Waals surface area contributed by atoms with E-state index in [2.05, 4.69) is 58.8 Å². The summed E-state index contributed by atoms with van der Waals surface area (Å²) in [4.78, 5) is 9.49. The molecule has 1 aliphatic rings. The molecule has 5 nitrogen and oxygen atoms in total.